The van der Waals surface area contributed by atoms with Crippen molar-refractivity contribution < 1.29 is 14.3 Å². The van der Waals surface area contributed by atoms with Crippen LogP contribution in [-0.2, 0) is 9.53 Å². The lowest BCUT2D eigenvalue weighted by atomic mass is 9.86. The normalized spacial score (nSPS) is 20.9. The first-order chi connectivity index (χ1) is 8.71. The van der Waals surface area contributed by atoms with E-state index in [-0.39, 0.29) is 12.0 Å². The molecule has 1 aliphatic heterocycles. The van der Waals surface area contributed by atoms with Crippen LogP contribution in [0, 0.1) is 5.41 Å². The molecule has 0 aromatic rings. The van der Waals surface area contributed by atoms with Gasteiger partial charge in [0.1, 0.15) is 6.04 Å². The fourth-order valence-corrected chi connectivity index (χ4v) is 2.20. The standard InChI is InChI=1S/C13H25N3O3/c1-13(2,3)10(15-12(14)18)11(17)16(4)8-9-6-5-7-19-9/h9-10H,5-8H2,1-4H3,(H3,14,15,18)/t9-,10-/m0/s1. The molecule has 1 heterocycles. The minimum absolute atomic E-state index is 0.100. The third-order valence-electron chi connectivity index (χ3n) is 3.28. The third kappa shape index (κ3) is 4.70. The van der Waals surface area contributed by atoms with E-state index in [1.807, 2.05) is 20.8 Å². The van der Waals surface area contributed by atoms with Crippen LogP contribution >= 0.6 is 0 Å². The molecule has 1 aliphatic rings. The predicted octanol–water partition coefficient (Wildman–Crippen LogP) is 0.707. The maximum absolute atomic E-state index is 12.4. The van der Waals surface area contributed by atoms with Gasteiger partial charge < -0.3 is 20.7 Å². The maximum Gasteiger partial charge on any atom is 0.312 e. The van der Waals surface area contributed by atoms with Crippen LogP contribution in [0.5, 0.6) is 0 Å². The first kappa shape index (κ1) is 15.8. The SMILES string of the molecule is CN(C[C@@H]1CCCO1)C(=O)[C@H](NC(N)=O)C(C)(C)C. The van der Waals surface area contributed by atoms with Gasteiger partial charge in [-0.1, -0.05) is 20.8 Å². The number of nitrogens with one attached hydrogen (secondary N) is 1. The maximum atomic E-state index is 12.4. The van der Waals surface area contributed by atoms with Crippen molar-refractivity contribution >= 4 is 11.9 Å². The van der Waals surface area contributed by atoms with Crippen molar-refractivity contribution in [2.45, 2.75) is 45.8 Å². The molecule has 0 aromatic carbocycles. The Morgan fingerprint density at radius 2 is 2.11 bits per heavy atom. The highest BCUT2D eigenvalue weighted by Crippen LogP contribution is 2.21. The minimum Gasteiger partial charge on any atom is -0.376 e. The fraction of sp³-hybridized carbons (Fsp3) is 0.846. The van der Waals surface area contributed by atoms with Crippen LogP contribution in [0.3, 0.4) is 0 Å². The molecule has 3 amide bonds. The summed E-state index contributed by atoms with van der Waals surface area (Å²) in [4.78, 5) is 25.1. The number of likely N-dealkylation sites (N-methyl/N-ethyl adjacent to an activating group) is 1. The van der Waals surface area contributed by atoms with E-state index in [1.54, 1.807) is 11.9 Å². The zero-order chi connectivity index (χ0) is 14.6. The lowest BCUT2D eigenvalue weighted by Crippen LogP contribution is -2.56. The molecule has 1 fully saturated rings. The summed E-state index contributed by atoms with van der Waals surface area (Å²) in [6.07, 6.45) is 2.11. The van der Waals surface area contributed by atoms with Crippen molar-refractivity contribution in [1.29, 1.82) is 0 Å². The van der Waals surface area contributed by atoms with Crippen LogP contribution in [0.25, 0.3) is 0 Å². The van der Waals surface area contributed by atoms with Crippen molar-refractivity contribution in [3.63, 3.8) is 0 Å². The van der Waals surface area contributed by atoms with E-state index in [0.29, 0.717) is 6.54 Å². The van der Waals surface area contributed by atoms with Crippen molar-refractivity contribution in [2.24, 2.45) is 11.1 Å². The Morgan fingerprint density at radius 3 is 2.53 bits per heavy atom. The lowest BCUT2D eigenvalue weighted by molar-refractivity contribution is -0.135. The number of nitrogens with two attached hydrogens (primary N) is 1. The molecule has 0 radical (unpaired) electrons. The van der Waals surface area contributed by atoms with Gasteiger partial charge in [0.05, 0.1) is 6.10 Å². The van der Waals surface area contributed by atoms with Crippen LogP contribution in [-0.4, -0.2) is 49.2 Å². The molecule has 0 aromatic heterocycles. The summed E-state index contributed by atoms with van der Waals surface area (Å²) in [6, 6.07) is -1.31. The number of primary amides is 1. The number of carbonyl (C=O) groups is 2. The lowest BCUT2D eigenvalue weighted by Gasteiger charge is -2.33. The van der Waals surface area contributed by atoms with Gasteiger partial charge in [0, 0.05) is 20.2 Å². The summed E-state index contributed by atoms with van der Waals surface area (Å²) in [5.41, 5.74) is 4.75. The quantitative estimate of drug-likeness (QED) is 0.789. The van der Waals surface area contributed by atoms with E-state index in [4.69, 9.17) is 10.5 Å². The molecule has 1 saturated heterocycles. The number of urea groups is 1. The fourth-order valence-electron chi connectivity index (χ4n) is 2.20. The molecule has 0 aliphatic carbocycles. The highest BCUT2D eigenvalue weighted by Gasteiger charge is 2.35. The monoisotopic (exact) mass is 271 g/mol. The molecule has 0 spiro atoms. The molecule has 1 rings (SSSR count). The number of nitrogens with zero attached hydrogens (tertiary/aromatic N) is 1. The summed E-state index contributed by atoms with van der Waals surface area (Å²) in [5.74, 6) is -0.137. The van der Waals surface area contributed by atoms with Crippen molar-refractivity contribution in [2.75, 3.05) is 20.2 Å². The van der Waals surface area contributed by atoms with Gasteiger partial charge in [-0.05, 0) is 18.3 Å². The number of carbonyl (C=O) groups excluding carboxylic acids is 2. The van der Waals surface area contributed by atoms with Gasteiger partial charge >= 0.3 is 6.03 Å². The second kappa shape index (κ2) is 6.23. The second-order valence-electron chi connectivity index (χ2n) is 6.16. The van der Waals surface area contributed by atoms with E-state index < -0.39 is 17.5 Å². The molecule has 6 nitrogen and oxygen atoms in total. The van der Waals surface area contributed by atoms with Crippen LogP contribution in [0.1, 0.15) is 33.6 Å². The molecule has 110 valence electrons. The Kier molecular flexibility index (Phi) is 5.17. The highest BCUT2D eigenvalue weighted by molar-refractivity contribution is 5.87. The van der Waals surface area contributed by atoms with Crippen LogP contribution in [0.15, 0.2) is 0 Å². The van der Waals surface area contributed by atoms with Crippen LogP contribution < -0.4 is 11.1 Å². The minimum atomic E-state index is -0.682. The van der Waals surface area contributed by atoms with E-state index >= 15 is 0 Å². The summed E-state index contributed by atoms with van der Waals surface area (Å²) >= 11 is 0. The third-order valence-corrected chi connectivity index (χ3v) is 3.28. The first-order valence-electron chi connectivity index (χ1n) is 6.64. The van der Waals surface area contributed by atoms with Crippen molar-refractivity contribution in [1.82, 2.24) is 10.2 Å². The summed E-state index contributed by atoms with van der Waals surface area (Å²) in [6.45, 7) is 6.99. The van der Waals surface area contributed by atoms with E-state index in [2.05, 4.69) is 5.32 Å². The Balaban J connectivity index is 2.66. The Labute approximate surface area is 114 Å². The molecule has 3 N–H and O–H groups in total. The topological polar surface area (TPSA) is 84.7 Å². The van der Waals surface area contributed by atoms with E-state index in [0.717, 1.165) is 19.4 Å². The number of rotatable bonds is 4. The van der Waals surface area contributed by atoms with Crippen LogP contribution in [0.4, 0.5) is 4.79 Å². The second-order valence-corrected chi connectivity index (χ2v) is 6.16. The van der Waals surface area contributed by atoms with Gasteiger partial charge in [-0.2, -0.15) is 0 Å². The molecule has 6 heteroatoms. The largest absolute Gasteiger partial charge is 0.376 e. The molecule has 0 bridgehead atoms. The van der Waals surface area contributed by atoms with Crippen molar-refractivity contribution in [3.8, 4) is 0 Å². The average molecular weight is 271 g/mol. The highest BCUT2D eigenvalue weighted by atomic mass is 16.5. The molecular weight excluding hydrogens is 246 g/mol. The van der Waals surface area contributed by atoms with E-state index in [1.165, 1.54) is 0 Å². The molecule has 0 saturated carbocycles. The number of amides is 3. The number of hydrogen-bond donors (Lipinski definition) is 2. The van der Waals surface area contributed by atoms with Crippen LogP contribution in [0.2, 0.25) is 0 Å². The van der Waals surface area contributed by atoms with Gasteiger partial charge in [-0.15, -0.1) is 0 Å². The van der Waals surface area contributed by atoms with Gasteiger partial charge in [-0.25, -0.2) is 4.79 Å². The molecule has 19 heavy (non-hydrogen) atoms. The van der Waals surface area contributed by atoms with Gasteiger partial charge in [0.25, 0.3) is 0 Å². The number of hydrogen-bond acceptors (Lipinski definition) is 3. The van der Waals surface area contributed by atoms with Gasteiger partial charge in [0.15, 0.2) is 0 Å². The Morgan fingerprint density at radius 1 is 1.47 bits per heavy atom. The molecule has 0 unspecified atom stereocenters. The Bertz CT molecular complexity index is 333. The Hall–Kier alpha value is -1.30. The summed E-state index contributed by atoms with van der Waals surface area (Å²) in [5, 5.41) is 2.53. The molecular formula is C13H25N3O3. The van der Waals surface area contributed by atoms with Crippen molar-refractivity contribution in [3.05, 3.63) is 0 Å². The average Bonchev–Trinajstić information content (AvgIpc) is 2.75. The first-order valence-corrected chi connectivity index (χ1v) is 6.64. The van der Waals surface area contributed by atoms with E-state index in [9.17, 15) is 9.59 Å². The summed E-state index contributed by atoms with van der Waals surface area (Å²) < 4.78 is 5.51. The van der Waals surface area contributed by atoms with Gasteiger partial charge in [-0.3, -0.25) is 4.79 Å². The zero-order valence-corrected chi connectivity index (χ0v) is 12.2. The smallest absolute Gasteiger partial charge is 0.312 e. The predicted molar refractivity (Wildman–Crippen MR) is 72.6 cm³/mol. The molecule has 2 atom stereocenters. The zero-order valence-electron chi connectivity index (χ0n) is 12.2. The van der Waals surface area contributed by atoms with Gasteiger partial charge in [0.2, 0.25) is 5.91 Å². The number of ether oxygens (including phenoxy) is 1. The summed E-state index contributed by atoms with van der Waals surface area (Å²) in [7, 11) is 1.73.